The topological polar surface area (TPSA) is 38.0 Å². The van der Waals surface area contributed by atoms with Gasteiger partial charge in [0.1, 0.15) is 5.82 Å². The molecular formula is C17H16Cl2N2OS. The monoisotopic (exact) mass is 366 g/mol. The average Bonchev–Trinajstić information content (AvgIpc) is 2.89. The molecule has 23 heavy (non-hydrogen) atoms. The number of halogens is 2. The van der Waals surface area contributed by atoms with Crippen LogP contribution in [-0.4, -0.2) is 21.3 Å². The summed E-state index contributed by atoms with van der Waals surface area (Å²) >= 11 is 13.7. The van der Waals surface area contributed by atoms with Gasteiger partial charge in [-0.05, 0) is 48.9 Å². The van der Waals surface area contributed by atoms with Gasteiger partial charge in [0, 0.05) is 28.1 Å². The maximum atomic E-state index is 9.14. The van der Waals surface area contributed by atoms with E-state index in [1.165, 1.54) is 0 Å². The van der Waals surface area contributed by atoms with Crippen molar-refractivity contribution in [2.24, 2.45) is 0 Å². The van der Waals surface area contributed by atoms with Crippen molar-refractivity contribution < 1.29 is 5.11 Å². The maximum Gasteiger partial charge on any atom is 0.120 e. The Balaban J connectivity index is 1.87. The molecule has 0 atom stereocenters. The van der Waals surface area contributed by atoms with Crippen molar-refractivity contribution in [2.45, 2.75) is 23.6 Å². The van der Waals surface area contributed by atoms with Crippen molar-refractivity contribution in [1.82, 2.24) is 9.55 Å². The Hall–Kier alpha value is -1.20. The Morgan fingerprint density at radius 2 is 1.78 bits per heavy atom. The van der Waals surface area contributed by atoms with Crippen LogP contribution in [-0.2, 0) is 12.3 Å². The van der Waals surface area contributed by atoms with Gasteiger partial charge >= 0.3 is 0 Å². The number of fused-ring (bicyclic) bond motifs is 1. The SMILES string of the molecule is OCCCn1c(CSc2ccc(Cl)cc2)nc2ccc(Cl)cc21. The lowest BCUT2D eigenvalue weighted by Gasteiger charge is -2.08. The molecule has 1 aromatic heterocycles. The zero-order valence-corrected chi connectivity index (χ0v) is 14.7. The van der Waals surface area contributed by atoms with Crippen LogP contribution in [0.1, 0.15) is 12.2 Å². The Kier molecular flexibility index (Phi) is 5.49. The summed E-state index contributed by atoms with van der Waals surface area (Å²) in [5, 5.41) is 10.6. The lowest BCUT2D eigenvalue weighted by molar-refractivity contribution is 0.280. The van der Waals surface area contributed by atoms with E-state index < -0.39 is 0 Å². The van der Waals surface area contributed by atoms with Gasteiger partial charge in [-0.3, -0.25) is 0 Å². The molecule has 0 fully saturated rings. The molecule has 0 spiro atoms. The summed E-state index contributed by atoms with van der Waals surface area (Å²) in [6.45, 7) is 0.883. The van der Waals surface area contributed by atoms with Crippen molar-refractivity contribution >= 4 is 46.0 Å². The van der Waals surface area contributed by atoms with E-state index in [4.69, 9.17) is 33.3 Å². The van der Waals surface area contributed by atoms with Gasteiger partial charge in [-0.15, -0.1) is 11.8 Å². The molecule has 0 aliphatic carbocycles. The van der Waals surface area contributed by atoms with E-state index in [1.54, 1.807) is 11.8 Å². The summed E-state index contributed by atoms with van der Waals surface area (Å²) in [6.07, 6.45) is 0.691. The quantitative estimate of drug-likeness (QED) is 0.622. The fourth-order valence-electron chi connectivity index (χ4n) is 2.41. The van der Waals surface area contributed by atoms with Crippen LogP contribution < -0.4 is 0 Å². The smallest absolute Gasteiger partial charge is 0.120 e. The molecular weight excluding hydrogens is 351 g/mol. The van der Waals surface area contributed by atoms with Crippen molar-refractivity contribution in [2.75, 3.05) is 6.61 Å². The Morgan fingerprint density at radius 3 is 2.52 bits per heavy atom. The number of rotatable bonds is 6. The molecule has 120 valence electrons. The average molecular weight is 367 g/mol. The highest BCUT2D eigenvalue weighted by Gasteiger charge is 2.11. The van der Waals surface area contributed by atoms with Crippen molar-refractivity contribution in [3.63, 3.8) is 0 Å². The standard InChI is InChI=1S/C17H16Cl2N2OS/c18-12-2-5-14(6-3-12)23-11-17-20-15-7-4-13(19)10-16(15)21(17)8-1-9-22/h2-7,10,22H,1,8-9,11H2. The molecule has 0 amide bonds. The summed E-state index contributed by atoms with van der Waals surface area (Å²) in [4.78, 5) is 5.86. The number of imidazole rings is 1. The summed E-state index contributed by atoms with van der Waals surface area (Å²) in [5.74, 6) is 1.73. The van der Waals surface area contributed by atoms with Gasteiger partial charge in [0.2, 0.25) is 0 Å². The largest absolute Gasteiger partial charge is 0.396 e. The zero-order valence-electron chi connectivity index (χ0n) is 12.4. The number of hydrogen-bond acceptors (Lipinski definition) is 3. The third-order valence-electron chi connectivity index (χ3n) is 3.51. The first kappa shape index (κ1) is 16.7. The molecule has 2 aromatic carbocycles. The Morgan fingerprint density at radius 1 is 1.04 bits per heavy atom. The van der Waals surface area contributed by atoms with E-state index in [0.29, 0.717) is 11.4 Å². The van der Waals surface area contributed by atoms with Crippen molar-refractivity contribution in [3.8, 4) is 0 Å². The van der Waals surface area contributed by atoms with Gasteiger partial charge in [-0.1, -0.05) is 23.2 Å². The molecule has 3 rings (SSSR count). The predicted molar refractivity (Wildman–Crippen MR) is 97.5 cm³/mol. The van der Waals surface area contributed by atoms with Crippen molar-refractivity contribution in [3.05, 3.63) is 58.3 Å². The van der Waals surface area contributed by atoms with Crippen molar-refractivity contribution in [1.29, 1.82) is 0 Å². The van der Waals surface area contributed by atoms with E-state index >= 15 is 0 Å². The van der Waals surface area contributed by atoms with Gasteiger partial charge in [0.05, 0.1) is 16.8 Å². The van der Waals surface area contributed by atoms with Crippen LogP contribution in [0, 0.1) is 0 Å². The van der Waals surface area contributed by atoms with E-state index in [1.807, 2.05) is 42.5 Å². The fraction of sp³-hybridized carbons (Fsp3) is 0.235. The number of aryl methyl sites for hydroxylation is 1. The fourth-order valence-corrected chi connectivity index (χ4v) is 3.55. The summed E-state index contributed by atoms with van der Waals surface area (Å²) in [5.41, 5.74) is 1.94. The molecule has 0 aliphatic heterocycles. The molecule has 1 N–H and O–H groups in total. The van der Waals surface area contributed by atoms with Gasteiger partial charge in [-0.25, -0.2) is 4.98 Å². The molecule has 1 heterocycles. The van der Waals surface area contributed by atoms with E-state index in [0.717, 1.165) is 39.1 Å². The molecule has 0 bridgehead atoms. The van der Waals surface area contributed by atoms with Crippen LogP contribution in [0.25, 0.3) is 11.0 Å². The highest BCUT2D eigenvalue weighted by molar-refractivity contribution is 7.98. The van der Waals surface area contributed by atoms with Crippen LogP contribution in [0.2, 0.25) is 10.0 Å². The summed E-state index contributed by atoms with van der Waals surface area (Å²) < 4.78 is 2.14. The zero-order chi connectivity index (χ0) is 16.2. The minimum absolute atomic E-state index is 0.157. The highest BCUT2D eigenvalue weighted by Crippen LogP contribution is 2.27. The Labute approximate surface area is 149 Å². The first-order valence-electron chi connectivity index (χ1n) is 7.31. The number of aliphatic hydroxyl groups is 1. The maximum absolute atomic E-state index is 9.14. The van der Waals surface area contributed by atoms with Crippen LogP contribution in [0.3, 0.4) is 0 Å². The number of thioether (sulfide) groups is 1. The molecule has 3 aromatic rings. The molecule has 6 heteroatoms. The number of aliphatic hydroxyl groups excluding tert-OH is 1. The van der Waals surface area contributed by atoms with Crippen LogP contribution >= 0.6 is 35.0 Å². The molecule has 0 radical (unpaired) electrons. The van der Waals surface area contributed by atoms with Crippen LogP contribution in [0.4, 0.5) is 0 Å². The summed E-state index contributed by atoms with van der Waals surface area (Å²) in [6, 6.07) is 13.5. The van der Waals surface area contributed by atoms with E-state index in [9.17, 15) is 0 Å². The number of benzene rings is 2. The second-order valence-corrected chi connectivity index (χ2v) is 7.05. The molecule has 0 aliphatic rings. The molecule has 0 unspecified atom stereocenters. The van der Waals surface area contributed by atoms with Gasteiger partial charge in [0.25, 0.3) is 0 Å². The lowest BCUT2D eigenvalue weighted by Crippen LogP contribution is -2.04. The van der Waals surface area contributed by atoms with Gasteiger partial charge in [0.15, 0.2) is 0 Å². The lowest BCUT2D eigenvalue weighted by atomic mass is 10.3. The van der Waals surface area contributed by atoms with Crippen LogP contribution in [0.5, 0.6) is 0 Å². The first-order valence-corrected chi connectivity index (χ1v) is 9.05. The van der Waals surface area contributed by atoms with Crippen LogP contribution in [0.15, 0.2) is 47.4 Å². The van der Waals surface area contributed by atoms with Gasteiger partial charge in [-0.2, -0.15) is 0 Å². The number of aromatic nitrogens is 2. The third kappa shape index (κ3) is 4.01. The minimum atomic E-state index is 0.157. The predicted octanol–water partition coefficient (Wildman–Crippen LogP) is 5.02. The summed E-state index contributed by atoms with van der Waals surface area (Å²) in [7, 11) is 0. The Bertz CT molecular complexity index is 802. The van der Waals surface area contributed by atoms with E-state index in [2.05, 4.69) is 4.57 Å². The second-order valence-electron chi connectivity index (χ2n) is 5.13. The molecule has 3 nitrogen and oxygen atoms in total. The number of nitrogens with zero attached hydrogens (tertiary/aromatic N) is 2. The normalized spacial score (nSPS) is 11.3. The molecule has 0 saturated heterocycles. The first-order chi connectivity index (χ1) is 11.2. The third-order valence-corrected chi connectivity index (χ3v) is 5.01. The molecule has 0 saturated carbocycles. The number of hydrogen-bond donors (Lipinski definition) is 1. The second kappa shape index (κ2) is 7.58. The minimum Gasteiger partial charge on any atom is -0.396 e. The van der Waals surface area contributed by atoms with E-state index in [-0.39, 0.29) is 6.61 Å². The van der Waals surface area contributed by atoms with Gasteiger partial charge < -0.3 is 9.67 Å². The highest BCUT2D eigenvalue weighted by atomic mass is 35.5.